The number of carbonyl (C=O) groups excluding carboxylic acids is 1. The van der Waals surface area contributed by atoms with Crippen LogP contribution in [0.25, 0.3) is 0 Å². The van der Waals surface area contributed by atoms with Gasteiger partial charge in [0, 0.05) is 6.07 Å². The summed E-state index contributed by atoms with van der Waals surface area (Å²) in [6, 6.07) is 13.6. The van der Waals surface area contributed by atoms with Crippen LogP contribution in [0.1, 0.15) is 24.8 Å². The highest BCUT2D eigenvalue weighted by Crippen LogP contribution is 2.24. The van der Waals surface area contributed by atoms with Crippen molar-refractivity contribution in [1.29, 1.82) is 0 Å². The molecule has 0 aromatic heterocycles. The Morgan fingerprint density at radius 3 is 2.29 bits per heavy atom. The SMILES string of the molecule is CCC(C(=O)NS(=O)(=O)c1ccccc1[N+](=O)[O-])c1ccccc1. The third-order valence-corrected chi connectivity index (χ3v) is 4.91. The molecule has 1 amide bonds. The maximum atomic E-state index is 12.4. The number of para-hydroxylation sites is 1. The highest BCUT2D eigenvalue weighted by atomic mass is 32.2. The molecule has 0 aliphatic rings. The van der Waals surface area contributed by atoms with Gasteiger partial charge in [0.05, 0.1) is 10.8 Å². The molecule has 0 aliphatic heterocycles. The second-order valence-corrected chi connectivity index (χ2v) is 6.72. The van der Waals surface area contributed by atoms with Gasteiger partial charge < -0.3 is 0 Å². The zero-order valence-electron chi connectivity index (χ0n) is 12.9. The fourth-order valence-corrected chi connectivity index (χ4v) is 3.54. The van der Waals surface area contributed by atoms with E-state index in [9.17, 15) is 23.3 Å². The Morgan fingerprint density at radius 1 is 1.12 bits per heavy atom. The predicted molar refractivity (Wildman–Crippen MR) is 87.9 cm³/mol. The molecule has 0 spiro atoms. The molecule has 2 rings (SSSR count). The maximum absolute atomic E-state index is 12.4. The smallest absolute Gasteiger partial charge is 0.273 e. The van der Waals surface area contributed by atoms with Crippen molar-refractivity contribution in [3.8, 4) is 0 Å². The van der Waals surface area contributed by atoms with Gasteiger partial charge in [-0.2, -0.15) is 0 Å². The first-order chi connectivity index (χ1) is 11.4. The number of rotatable bonds is 6. The van der Waals surface area contributed by atoms with Gasteiger partial charge >= 0.3 is 0 Å². The molecular formula is C16H16N2O5S. The summed E-state index contributed by atoms with van der Waals surface area (Å²) >= 11 is 0. The summed E-state index contributed by atoms with van der Waals surface area (Å²) in [6.07, 6.45) is 0.391. The van der Waals surface area contributed by atoms with E-state index >= 15 is 0 Å². The van der Waals surface area contributed by atoms with Crippen LogP contribution in [0, 0.1) is 10.1 Å². The standard InChI is InChI=1S/C16H16N2O5S/c1-2-13(12-8-4-3-5-9-12)16(19)17-24(22,23)15-11-7-6-10-14(15)18(20)21/h3-11,13H,2H2,1H3,(H,17,19). The Kier molecular flexibility index (Phi) is 5.30. The van der Waals surface area contributed by atoms with Crippen LogP contribution in [0.2, 0.25) is 0 Å². The second-order valence-electron chi connectivity index (χ2n) is 5.07. The zero-order valence-corrected chi connectivity index (χ0v) is 13.7. The maximum Gasteiger partial charge on any atom is 0.289 e. The van der Waals surface area contributed by atoms with Crippen LogP contribution >= 0.6 is 0 Å². The normalized spacial score (nSPS) is 12.4. The van der Waals surface area contributed by atoms with E-state index in [1.165, 1.54) is 12.1 Å². The molecule has 0 bridgehead atoms. The first kappa shape index (κ1) is 17.6. The van der Waals surface area contributed by atoms with Crippen molar-refractivity contribution in [3.63, 3.8) is 0 Å². The molecule has 7 nitrogen and oxygen atoms in total. The number of nitro groups is 1. The van der Waals surface area contributed by atoms with E-state index in [0.29, 0.717) is 12.0 Å². The Labute approximate surface area is 139 Å². The lowest BCUT2D eigenvalue weighted by Gasteiger charge is -2.15. The number of nitrogens with one attached hydrogen (secondary N) is 1. The van der Waals surface area contributed by atoms with Gasteiger partial charge in [-0.1, -0.05) is 49.4 Å². The van der Waals surface area contributed by atoms with Crippen molar-refractivity contribution in [2.45, 2.75) is 24.2 Å². The number of sulfonamides is 1. The van der Waals surface area contributed by atoms with E-state index in [4.69, 9.17) is 0 Å². The molecule has 2 aromatic rings. The highest BCUT2D eigenvalue weighted by molar-refractivity contribution is 7.90. The number of hydrogen-bond donors (Lipinski definition) is 1. The molecular weight excluding hydrogens is 332 g/mol. The summed E-state index contributed by atoms with van der Waals surface area (Å²) in [7, 11) is -4.34. The first-order valence-electron chi connectivity index (χ1n) is 7.22. The molecule has 0 saturated carbocycles. The Hall–Kier alpha value is -2.74. The molecule has 1 unspecified atom stereocenters. The predicted octanol–water partition coefficient (Wildman–Crippen LogP) is 2.59. The van der Waals surface area contributed by atoms with Crippen molar-refractivity contribution in [2.24, 2.45) is 0 Å². The number of amides is 1. The van der Waals surface area contributed by atoms with E-state index in [1.807, 2.05) is 4.72 Å². The van der Waals surface area contributed by atoms with E-state index in [-0.39, 0.29) is 0 Å². The molecule has 0 fully saturated rings. The molecule has 0 radical (unpaired) electrons. The average molecular weight is 348 g/mol. The number of nitro benzene ring substituents is 1. The van der Waals surface area contributed by atoms with Crippen molar-refractivity contribution >= 4 is 21.6 Å². The molecule has 1 N–H and O–H groups in total. The average Bonchev–Trinajstić information content (AvgIpc) is 2.56. The quantitative estimate of drug-likeness (QED) is 0.638. The van der Waals surface area contributed by atoms with E-state index in [2.05, 4.69) is 0 Å². The van der Waals surface area contributed by atoms with Crippen molar-refractivity contribution < 1.29 is 18.1 Å². The number of hydrogen-bond acceptors (Lipinski definition) is 5. The van der Waals surface area contributed by atoms with Crippen molar-refractivity contribution in [1.82, 2.24) is 4.72 Å². The summed E-state index contributed by atoms with van der Waals surface area (Å²) in [5.41, 5.74) is 0.0980. The van der Waals surface area contributed by atoms with Gasteiger partial charge in [-0.15, -0.1) is 0 Å². The van der Waals surface area contributed by atoms with Gasteiger partial charge in [0.2, 0.25) is 5.91 Å². The summed E-state index contributed by atoms with van der Waals surface area (Å²) in [5, 5.41) is 11.0. The third kappa shape index (κ3) is 3.77. The summed E-state index contributed by atoms with van der Waals surface area (Å²) in [6.45, 7) is 1.76. The van der Waals surface area contributed by atoms with Crippen LogP contribution in [0.3, 0.4) is 0 Å². The molecule has 126 valence electrons. The monoisotopic (exact) mass is 348 g/mol. The van der Waals surface area contributed by atoms with Crippen LogP contribution in [-0.4, -0.2) is 19.2 Å². The van der Waals surface area contributed by atoms with Gasteiger partial charge in [0.1, 0.15) is 0 Å². The van der Waals surface area contributed by atoms with Gasteiger partial charge in [-0.05, 0) is 18.1 Å². The Morgan fingerprint density at radius 2 is 1.71 bits per heavy atom. The number of benzene rings is 2. The van der Waals surface area contributed by atoms with Gasteiger partial charge in [0.25, 0.3) is 15.7 Å². The molecule has 24 heavy (non-hydrogen) atoms. The van der Waals surface area contributed by atoms with Crippen LogP contribution in [0.5, 0.6) is 0 Å². The molecule has 0 saturated heterocycles. The first-order valence-corrected chi connectivity index (χ1v) is 8.70. The van der Waals surface area contributed by atoms with Crippen molar-refractivity contribution in [2.75, 3.05) is 0 Å². The molecule has 0 aliphatic carbocycles. The topological polar surface area (TPSA) is 106 Å². The van der Waals surface area contributed by atoms with Gasteiger partial charge in [0.15, 0.2) is 4.90 Å². The summed E-state index contributed by atoms with van der Waals surface area (Å²) < 4.78 is 26.7. The van der Waals surface area contributed by atoms with E-state index < -0.39 is 37.4 Å². The minimum absolute atomic E-state index is 0.391. The van der Waals surface area contributed by atoms with Gasteiger partial charge in [-0.25, -0.2) is 13.1 Å². The highest BCUT2D eigenvalue weighted by Gasteiger charge is 2.29. The number of nitrogens with zero attached hydrogens (tertiary/aromatic N) is 1. The Bertz CT molecular complexity index is 850. The van der Waals surface area contributed by atoms with Crippen LogP contribution in [0.15, 0.2) is 59.5 Å². The summed E-state index contributed by atoms with van der Waals surface area (Å²) in [5.74, 6) is -1.38. The molecule has 1 atom stereocenters. The number of carbonyl (C=O) groups is 1. The third-order valence-electron chi connectivity index (χ3n) is 3.51. The van der Waals surface area contributed by atoms with Crippen LogP contribution < -0.4 is 4.72 Å². The fraction of sp³-hybridized carbons (Fsp3) is 0.188. The zero-order chi connectivity index (χ0) is 17.7. The lowest BCUT2D eigenvalue weighted by Crippen LogP contribution is -2.34. The molecule has 8 heteroatoms. The van der Waals surface area contributed by atoms with E-state index in [1.54, 1.807) is 37.3 Å². The Balaban J connectivity index is 2.32. The lowest BCUT2D eigenvalue weighted by molar-refractivity contribution is -0.387. The summed E-state index contributed by atoms with van der Waals surface area (Å²) in [4.78, 5) is 22.0. The minimum atomic E-state index is -4.34. The van der Waals surface area contributed by atoms with Crippen LogP contribution in [-0.2, 0) is 14.8 Å². The molecule has 2 aromatic carbocycles. The largest absolute Gasteiger partial charge is 0.289 e. The van der Waals surface area contributed by atoms with Crippen LogP contribution in [0.4, 0.5) is 5.69 Å². The van der Waals surface area contributed by atoms with Gasteiger partial charge in [-0.3, -0.25) is 14.9 Å². The fourth-order valence-electron chi connectivity index (χ4n) is 2.35. The molecule has 0 heterocycles. The second kappa shape index (κ2) is 7.22. The minimum Gasteiger partial charge on any atom is -0.273 e. The van der Waals surface area contributed by atoms with Crippen molar-refractivity contribution in [3.05, 3.63) is 70.3 Å². The lowest BCUT2D eigenvalue weighted by atomic mass is 9.96. The van der Waals surface area contributed by atoms with E-state index in [0.717, 1.165) is 12.1 Å².